The van der Waals surface area contributed by atoms with Gasteiger partial charge in [-0.25, -0.2) is 8.78 Å². The third-order valence-electron chi connectivity index (χ3n) is 7.68. The Labute approximate surface area is 245 Å². The number of benzene rings is 2. The van der Waals surface area contributed by atoms with Crippen LogP contribution in [-0.2, 0) is 0 Å². The Morgan fingerprint density at radius 2 is 1.78 bits per heavy atom. The van der Waals surface area contributed by atoms with Gasteiger partial charge in [-0.1, -0.05) is 30.5 Å². The van der Waals surface area contributed by atoms with Gasteiger partial charge >= 0.3 is 6.01 Å². The van der Waals surface area contributed by atoms with Gasteiger partial charge in [0.2, 0.25) is 0 Å². The van der Waals surface area contributed by atoms with Crippen molar-refractivity contribution in [2.75, 3.05) is 57.1 Å². The van der Waals surface area contributed by atoms with E-state index in [0.717, 1.165) is 56.5 Å². The Bertz CT molecular complexity index is 1690. The summed E-state index contributed by atoms with van der Waals surface area (Å²) in [5.41, 5.74) is 6.31. The maximum atomic E-state index is 16.7. The van der Waals surface area contributed by atoms with Crippen LogP contribution >= 0.6 is 22.9 Å². The number of hydrogen-bond donors (Lipinski definition) is 1. The molecule has 12 heteroatoms. The molecule has 2 aromatic carbocycles. The summed E-state index contributed by atoms with van der Waals surface area (Å²) >= 11 is 7.86. The second-order valence-electron chi connectivity index (χ2n) is 10.4. The van der Waals surface area contributed by atoms with Crippen molar-refractivity contribution in [2.45, 2.75) is 32.1 Å². The van der Waals surface area contributed by atoms with E-state index < -0.39 is 11.6 Å². The van der Waals surface area contributed by atoms with Crippen molar-refractivity contribution in [3.8, 4) is 29.0 Å². The number of hydrogen-bond acceptors (Lipinski definition) is 9. The van der Waals surface area contributed by atoms with Crippen molar-refractivity contribution in [1.29, 1.82) is 5.26 Å². The van der Waals surface area contributed by atoms with E-state index in [0.29, 0.717) is 37.5 Å². The van der Waals surface area contributed by atoms with E-state index in [1.807, 2.05) is 6.07 Å². The maximum Gasteiger partial charge on any atom is 0.319 e. The Morgan fingerprint density at radius 1 is 1.00 bits per heavy atom. The number of nitrogen functional groups attached to an aromatic ring is 1. The first-order valence-corrected chi connectivity index (χ1v) is 14.9. The van der Waals surface area contributed by atoms with Crippen LogP contribution in [0.4, 0.5) is 19.6 Å². The van der Waals surface area contributed by atoms with Crippen LogP contribution in [0.3, 0.4) is 0 Å². The molecule has 0 radical (unpaired) electrons. The molecule has 0 fully saturated rings. The monoisotopic (exact) mass is 598 g/mol. The zero-order valence-electron chi connectivity index (χ0n) is 22.6. The van der Waals surface area contributed by atoms with Crippen LogP contribution < -0.4 is 20.1 Å². The van der Waals surface area contributed by atoms with Gasteiger partial charge in [0.15, 0.2) is 11.6 Å². The molecule has 0 unspecified atom stereocenters. The fourth-order valence-corrected chi connectivity index (χ4v) is 6.92. The summed E-state index contributed by atoms with van der Waals surface area (Å²) in [5.74, 6) is -0.523. The highest BCUT2D eigenvalue weighted by atomic mass is 35.5. The number of rotatable bonds is 1. The van der Waals surface area contributed by atoms with E-state index in [1.165, 1.54) is 12.1 Å². The van der Waals surface area contributed by atoms with Crippen LogP contribution in [0.25, 0.3) is 32.1 Å². The van der Waals surface area contributed by atoms with Crippen LogP contribution in [-0.4, -0.2) is 61.3 Å². The Hall–Kier alpha value is -3.46. The molecule has 41 heavy (non-hydrogen) atoms. The molecular weight excluding hydrogens is 570 g/mol. The molecule has 0 saturated carbocycles. The van der Waals surface area contributed by atoms with Crippen LogP contribution in [0.15, 0.2) is 12.1 Å². The Morgan fingerprint density at radius 3 is 2.59 bits per heavy atom. The molecule has 2 bridgehead atoms. The molecule has 6 rings (SSSR count). The van der Waals surface area contributed by atoms with Gasteiger partial charge < -0.3 is 25.0 Å². The highest BCUT2D eigenvalue weighted by Crippen LogP contribution is 2.50. The average molecular weight is 599 g/mol. The maximum absolute atomic E-state index is 16.7. The van der Waals surface area contributed by atoms with Crippen molar-refractivity contribution in [1.82, 2.24) is 14.9 Å². The molecule has 0 atom stereocenters. The number of fused-ring (bicyclic) bond motifs is 2. The van der Waals surface area contributed by atoms with Crippen molar-refractivity contribution in [3.05, 3.63) is 34.4 Å². The average Bonchev–Trinajstić information content (AvgIpc) is 3.19. The molecule has 0 aliphatic carbocycles. The minimum atomic E-state index is -0.730. The molecule has 4 aromatic rings. The smallest absolute Gasteiger partial charge is 0.319 e. The number of nitrogens with zero attached hydrogens (tertiary/aromatic N) is 5. The van der Waals surface area contributed by atoms with Gasteiger partial charge in [0.1, 0.15) is 34.8 Å². The summed E-state index contributed by atoms with van der Waals surface area (Å²) in [7, 11) is 2.10. The molecule has 8 nitrogen and oxygen atoms in total. The molecule has 2 N–H and O–H groups in total. The number of nitrogens with two attached hydrogens (primary N) is 1. The highest BCUT2D eigenvalue weighted by molar-refractivity contribution is 7.23. The standard InChI is InChI=1S/C29H29ClF2N6O2S/c1-37-9-4-2-3-5-11-38-12-14-39-25-21-24(35-29(36-28(21)38)40-13-6-10-37)23(32)20(22(25)30)16-7-8-18(31)26-19(16)17(15-33)27(34)41-26/h7-8H,2-6,9-14,34H2,1H3. The summed E-state index contributed by atoms with van der Waals surface area (Å²) in [4.78, 5) is 13.6. The number of nitriles is 1. The van der Waals surface area contributed by atoms with Gasteiger partial charge in [-0.05, 0) is 44.5 Å². The van der Waals surface area contributed by atoms with Gasteiger partial charge in [0.25, 0.3) is 0 Å². The van der Waals surface area contributed by atoms with Gasteiger partial charge in [0, 0.05) is 24.0 Å². The van der Waals surface area contributed by atoms with E-state index in [1.54, 1.807) is 0 Å². The Balaban J connectivity index is 1.58. The first-order valence-electron chi connectivity index (χ1n) is 13.7. The summed E-state index contributed by atoms with van der Waals surface area (Å²) in [6.45, 7) is 3.80. The third-order valence-corrected chi connectivity index (χ3v) is 9.07. The van der Waals surface area contributed by atoms with Gasteiger partial charge in [0.05, 0.1) is 33.8 Å². The fraction of sp³-hybridized carbons (Fsp3) is 0.414. The van der Waals surface area contributed by atoms with Crippen molar-refractivity contribution >= 4 is 54.7 Å². The number of ether oxygens (including phenoxy) is 2. The quantitative estimate of drug-likeness (QED) is 0.270. The van der Waals surface area contributed by atoms with Crippen LogP contribution in [0.1, 0.15) is 37.7 Å². The fourth-order valence-electron chi connectivity index (χ4n) is 5.64. The van der Waals surface area contributed by atoms with E-state index in [9.17, 15) is 9.65 Å². The summed E-state index contributed by atoms with van der Waals surface area (Å²) in [6.07, 6.45) is 5.03. The number of aromatic nitrogens is 2. The summed E-state index contributed by atoms with van der Waals surface area (Å²) in [6, 6.07) is 4.74. The lowest BCUT2D eigenvalue weighted by Crippen LogP contribution is -2.29. The molecule has 2 aliphatic rings. The van der Waals surface area contributed by atoms with Gasteiger partial charge in [-0.2, -0.15) is 15.2 Å². The molecule has 0 saturated heterocycles. The predicted octanol–water partition coefficient (Wildman–Crippen LogP) is 6.37. The lowest BCUT2D eigenvalue weighted by atomic mass is 9.96. The van der Waals surface area contributed by atoms with Crippen LogP contribution in [0.5, 0.6) is 11.8 Å². The largest absolute Gasteiger partial charge is 0.489 e. The molecular formula is C29H29ClF2N6O2S. The highest BCUT2D eigenvalue weighted by Gasteiger charge is 2.31. The lowest BCUT2D eigenvalue weighted by molar-refractivity contribution is 0.248. The van der Waals surface area contributed by atoms with Crippen molar-refractivity contribution in [2.24, 2.45) is 0 Å². The Kier molecular flexibility index (Phi) is 7.72. The zero-order chi connectivity index (χ0) is 28.7. The zero-order valence-corrected chi connectivity index (χ0v) is 24.2. The normalized spacial score (nSPS) is 17.0. The SMILES string of the molecule is CN1CCCCCCN2CCOc3c(Cl)c(-c4ccc(F)c5sc(N)c(C#N)c45)c(F)c4nc(nc2c34)OCCC1. The summed E-state index contributed by atoms with van der Waals surface area (Å²) in [5, 5.41) is 10.5. The first kappa shape index (κ1) is 27.7. The minimum absolute atomic E-state index is 0.00543. The molecule has 214 valence electrons. The van der Waals surface area contributed by atoms with E-state index >= 15 is 4.39 Å². The topological polar surface area (TPSA) is 101 Å². The number of halogens is 3. The first-order chi connectivity index (χ1) is 19.9. The van der Waals surface area contributed by atoms with Crippen molar-refractivity contribution in [3.63, 3.8) is 0 Å². The molecule has 0 spiro atoms. The second kappa shape index (κ2) is 11.4. The molecule has 0 amide bonds. The predicted molar refractivity (Wildman–Crippen MR) is 158 cm³/mol. The second-order valence-corrected chi connectivity index (χ2v) is 11.8. The van der Waals surface area contributed by atoms with Gasteiger partial charge in [-0.3, -0.25) is 0 Å². The van der Waals surface area contributed by atoms with E-state index in [2.05, 4.69) is 21.8 Å². The van der Waals surface area contributed by atoms with Crippen molar-refractivity contribution < 1.29 is 18.3 Å². The number of thiophene rings is 1. The van der Waals surface area contributed by atoms with E-state index in [4.69, 9.17) is 31.8 Å². The number of anilines is 2. The van der Waals surface area contributed by atoms with Gasteiger partial charge in [-0.15, -0.1) is 11.3 Å². The molecule has 2 aliphatic heterocycles. The van der Waals surface area contributed by atoms with Crippen LogP contribution in [0, 0.1) is 23.0 Å². The molecule has 2 aromatic heterocycles. The molecule has 4 heterocycles. The van der Waals surface area contributed by atoms with E-state index in [-0.39, 0.29) is 54.1 Å². The summed E-state index contributed by atoms with van der Waals surface area (Å²) < 4.78 is 43.8. The minimum Gasteiger partial charge on any atom is -0.489 e. The third kappa shape index (κ3) is 4.98. The van der Waals surface area contributed by atoms with Crippen LogP contribution in [0.2, 0.25) is 5.02 Å². The lowest BCUT2D eigenvalue weighted by Gasteiger charge is -2.23.